The van der Waals surface area contributed by atoms with Gasteiger partial charge in [0.05, 0.1) is 0 Å². The summed E-state index contributed by atoms with van der Waals surface area (Å²) in [7, 11) is 1.54. The summed E-state index contributed by atoms with van der Waals surface area (Å²) in [5, 5.41) is 2.77. The Morgan fingerprint density at radius 1 is 1.21 bits per heavy atom. The summed E-state index contributed by atoms with van der Waals surface area (Å²) in [6.07, 6.45) is -0.486. The van der Waals surface area contributed by atoms with Crippen molar-refractivity contribution in [3.05, 3.63) is 60.2 Å². The Morgan fingerprint density at radius 2 is 1.92 bits per heavy atom. The van der Waals surface area contributed by atoms with Gasteiger partial charge in [0.15, 0.2) is 0 Å². The number of cyclic esters (lactones) is 1. The fraction of sp³-hybridized carbons (Fsp3) is 0.222. The van der Waals surface area contributed by atoms with Crippen molar-refractivity contribution in [2.75, 3.05) is 19.0 Å². The van der Waals surface area contributed by atoms with Crippen molar-refractivity contribution in [1.29, 1.82) is 0 Å². The summed E-state index contributed by atoms with van der Waals surface area (Å²) in [6, 6.07) is 16.4. The number of rotatable bonds is 5. The third-order valence-electron chi connectivity index (χ3n) is 3.79. The number of carbonyl (C=O) groups excluding carboxylic acids is 2. The first kappa shape index (κ1) is 15.9. The van der Waals surface area contributed by atoms with E-state index in [4.69, 9.17) is 9.47 Å². The highest BCUT2D eigenvalue weighted by Gasteiger charge is 2.35. The largest absolute Gasteiger partial charge is 0.489 e. The number of benzene rings is 2. The van der Waals surface area contributed by atoms with Gasteiger partial charge in [-0.05, 0) is 29.8 Å². The Kier molecular flexibility index (Phi) is 4.65. The summed E-state index contributed by atoms with van der Waals surface area (Å²) in [5.74, 6) is 0.439. The van der Waals surface area contributed by atoms with Crippen LogP contribution in [0.15, 0.2) is 54.6 Å². The van der Waals surface area contributed by atoms with Crippen molar-refractivity contribution in [1.82, 2.24) is 4.90 Å². The highest BCUT2D eigenvalue weighted by atomic mass is 16.6. The lowest BCUT2D eigenvalue weighted by Gasteiger charge is -2.15. The number of amides is 2. The molecular weight excluding hydrogens is 308 g/mol. The van der Waals surface area contributed by atoms with Crippen LogP contribution < -0.4 is 10.1 Å². The van der Waals surface area contributed by atoms with E-state index < -0.39 is 12.1 Å². The van der Waals surface area contributed by atoms with Gasteiger partial charge in [-0.25, -0.2) is 4.79 Å². The number of hydrogen-bond acceptors (Lipinski definition) is 4. The molecule has 24 heavy (non-hydrogen) atoms. The molecule has 0 aromatic heterocycles. The van der Waals surface area contributed by atoms with Gasteiger partial charge in [0.1, 0.15) is 25.0 Å². The predicted molar refractivity (Wildman–Crippen MR) is 88.7 cm³/mol. The lowest BCUT2D eigenvalue weighted by Crippen LogP contribution is -2.40. The first-order valence-corrected chi connectivity index (χ1v) is 7.61. The lowest BCUT2D eigenvalue weighted by atomic mass is 10.2. The second-order valence-electron chi connectivity index (χ2n) is 5.49. The smallest absolute Gasteiger partial charge is 0.410 e. The average Bonchev–Trinajstić information content (AvgIpc) is 2.94. The van der Waals surface area contributed by atoms with E-state index in [1.54, 1.807) is 31.3 Å². The van der Waals surface area contributed by atoms with Gasteiger partial charge in [0.25, 0.3) is 5.91 Å². The molecule has 1 aliphatic heterocycles. The van der Waals surface area contributed by atoms with Crippen LogP contribution in [0.4, 0.5) is 10.5 Å². The van der Waals surface area contributed by atoms with Gasteiger partial charge in [0.2, 0.25) is 0 Å². The third-order valence-corrected chi connectivity index (χ3v) is 3.79. The average molecular weight is 326 g/mol. The molecule has 1 unspecified atom stereocenters. The van der Waals surface area contributed by atoms with Crippen molar-refractivity contribution in [2.24, 2.45) is 0 Å². The zero-order valence-electron chi connectivity index (χ0n) is 13.3. The maximum atomic E-state index is 12.2. The quantitative estimate of drug-likeness (QED) is 0.917. The first-order chi connectivity index (χ1) is 11.6. The van der Waals surface area contributed by atoms with Crippen LogP contribution in [-0.2, 0) is 16.1 Å². The van der Waals surface area contributed by atoms with Crippen LogP contribution in [0.5, 0.6) is 5.75 Å². The Morgan fingerprint density at radius 3 is 2.54 bits per heavy atom. The monoisotopic (exact) mass is 326 g/mol. The van der Waals surface area contributed by atoms with Crippen LogP contribution in [0, 0.1) is 0 Å². The van der Waals surface area contributed by atoms with Gasteiger partial charge in [0, 0.05) is 12.7 Å². The molecule has 0 saturated carbocycles. The SMILES string of the molecule is CN1C(=O)OCC1C(=O)Nc1ccc(OCc2ccccc2)cc1. The third kappa shape index (κ3) is 3.65. The highest BCUT2D eigenvalue weighted by molar-refractivity contribution is 5.97. The number of nitrogens with zero attached hydrogens (tertiary/aromatic N) is 1. The molecule has 3 rings (SSSR count). The molecule has 0 radical (unpaired) electrons. The van der Waals surface area contributed by atoms with Crippen molar-refractivity contribution in [3.63, 3.8) is 0 Å². The van der Waals surface area contributed by atoms with E-state index in [0.717, 1.165) is 5.56 Å². The zero-order chi connectivity index (χ0) is 16.9. The molecule has 1 fully saturated rings. The van der Waals surface area contributed by atoms with Crippen LogP contribution in [0.1, 0.15) is 5.56 Å². The number of nitrogens with one attached hydrogen (secondary N) is 1. The molecule has 1 N–H and O–H groups in total. The van der Waals surface area contributed by atoms with Gasteiger partial charge in [-0.1, -0.05) is 30.3 Å². The Bertz CT molecular complexity index is 716. The Hall–Kier alpha value is -3.02. The summed E-state index contributed by atoms with van der Waals surface area (Å²) in [5.41, 5.74) is 1.73. The minimum atomic E-state index is -0.605. The lowest BCUT2D eigenvalue weighted by molar-refractivity contribution is -0.119. The molecule has 1 atom stereocenters. The van der Waals surface area contributed by atoms with Crippen molar-refractivity contribution in [2.45, 2.75) is 12.6 Å². The van der Waals surface area contributed by atoms with Crippen LogP contribution in [0.2, 0.25) is 0 Å². The summed E-state index contributed by atoms with van der Waals surface area (Å²) < 4.78 is 10.5. The topological polar surface area (TPSA) is 67.9 Å². The van der Waals surface area contributed by atoms with Crippen LogP contribution in [-0.4, -0.2) is 36.6 Å². The van der Waals surface area contributed by atoms with E-state index in [2.05, 4.69) is 5.32 Å². The first-order valence-electron chi connectivity index (χ1n) is 7.61. The molecule has 1 heterocycles. The molecule has 6 heteroatoms. The number of hydrogen-bond donors (Lipinski definition) is 1. The fourth-order valence-electron chi connectivity index (χ4n) is 2.34. The van der Waals surface area contributed by atoms with Crippen LogP contribution in [0.3, 0.4) is 0 Å². The number of likely N-dealkylation sites (N-methyl/N-ethyl adjacent to an activating group) is 1. The molecule has 124 valence electrons. The van der Waals surface area contributed by atoms with Gasteiger partial charge in [-0.15, -0.1) is 0 Å². The Labute approximate surface area is 140 Å². The summed E-state index contributed by atoms with van der Waals surface area (Å²) in [4.78, 5) is 24.7. The van der Waals surface area contributed by atoms with Crippen LogP contribution >= 0.6 is 0 Å². The van der Waals surface area contributed by atoms with E-state index in [1.807, 2.05) is 30.3 Å². The molecule has 0 bridgehead atoms. The molecule has 0 spiro atoms. The zero-order valence-corrected chi connectivity index (χ0v) is 13.3. The molecule has 2 aromatic carbocycles. The molecule has 2 amide bonds. The second kappa shape index (κ2) is 7.04. The number of anilines is 1. The maximum absolute atomic E-state index is 12.2. The molecule has 1 aliphatic rings. The molecular formula is C18H18N2O4. The molecule has 1 saturated heterocycles. The van der Waals surface area contributed by atoms with E-state index in [0.29, 0.717) is 18.0 Å². The standard InChI is InChI=1S/C18H18N2O4/c1-20-16(12-24-18(20)22)17(21)19-14-7-9-15(10-8-14)23-11-13-5-3-2-4-6-13/h2-10,16H,11-12H2,1H3,(H,19,21). The van der Waals surface area contributed by atoms with Gasteiger partial charge >= 0.3 is 6.09 Å². The van der Waals surface area contributed by atoms with Gasteiger partial charge < -0.3 is 14.8 Å². The number of carbonyl (C=O) groups is 2. The normalized spacial score (nSPS) is 16.6. The fourth-order valence-corrected chi connectivity index (χ4v) is 2.34. The van der Waals surface area contributed by atoms with E-state index in [-0.39, 0.29) is 12.5 Å². The van der Waals surface area contributed by atoms with Crippen LogP contribution in [0.25, 0.3) is 0 Å². The van der Waals surface area contributed by atoms with Crippen molar-refractivity contribution >= 4 is 17.7 Å². The number of ether oxygens (including phenoxy) is 2. The van der Waals surface area contributed by atoms with Crippen molar-refractivity contribution < 1.29 is 19.1 Å². The van der Waals surface area contributed by atoms with Crippen molar-refractivity contribution in [3.8, 4) is 5.75 Å². The molecule has 2 aromatic rings. The Balaban J connectivity index is 1.54. The van der Waals surface area contributed by atoms with Gasteiger partial charge in [-0.3, -0.25) is 9.69 Å². The summed E-state index contributed by atoms with van der Waals surface area (Å²) in [6.45, 7) is 0.554. The molecule has 6 nitrogen and oxygen atoms in total. The highest BCUT2D eigenvalue weighted by Crippen LogP contribution is 2.18. The van der Waals surface area contributed by atoms with E-state index >= 15 is 0 Å². The second-order valence-corrected chi connectivity index (χ2v) is 5.49. The van der Waals surface area contributed by atoms with Gasteiger partial charge in [-0.2, -0.15) is 0 Å². The summed E-state index contributed by atoms with van der Waals surface area (Å²) >= 11 is 0. The van der Waals surface area contributed by atoms with E-state index in [1.165, 1.54) is 4.90 Å². The predicted octanol–water partition coefficient (Wildman–Crippen LogP) is 2.65. The molecule has 0 aliphatic carbocycles. The maximum Gasteiger partial charge on any atom is 0.410 e. The minimum absolute atomic E-state index is 0.0689. The van der Waals surface area contributed by atoms with E-state index in [9.17, 15) is 9.59 Å². The minimum Gasteiger partial charge on any atom is -0.489 e.